The zero-order valence-electron chi connectivity index (χ0n) is 8.63. The Kier molecular flexibility index (Phi) is 3.30. The molecule has 0 saturated heterocycles. The summed E-state index contributed by atoms with van der Waals surface area (Å²) in [6.45, 7) is 6.26. The summed E-state index contributed by atoms with van der Waals surface area (Å²) in [6, 6.07) is 1.92. The van der Waals surface area contributed by atoms with Gasteiger partial charge in [-0.05, 0) is 13.0 Å². The second-order valence-electron chi connectivity index (χ2n) is 3.52. The Morgan fingerprint density at radius 1 is 1.64 bits per heavy atom. The average Bonchev–Trinajstić information content (AvgIpc) is 2.43. The molecule has 0 unspecified atom stereocenters. The molecule has 14 heavy (non-hydrogen) atoms. The van der Waals surface area contributed by atoms with Gasteiger partial charge in [0.05, 0.1) is 6.54 Å². The molecule has 0 aromatic carbocycles. The van der Waals surface area contributed by atoms with E-state index < -0.39 is 5.97 Å². The van der Waals surface area contributed by atoms with Gasteiger partial charge in [0, 0.05) is 6.04 Å². The molecular weight excluding hydrogens is 182 g/mol. The Hall–Kier alpha value is -1.29. The van der Waals surface area contributed by atoms with Crippen LogP contribution in [0.5, 0.6) is 0 Å². The van der Waals surface area contributed by atoms with Crippen LogP contribution >= 0.6 is 0 Å². The van der Waals surface area contributed by atoms with Gasteiger partial charge in [0.15, 0.2) is 0 Å². The zero-order chi connectivity index (χ0) is 10.7. The van der Waals surface area contributed by atoms with Crippen LogP contribution in [0, 0.1) is 6.92 Å². The fraction of sp³-hybridized carbons (Fsp3) is 0.500. The van der Waals surface area contributed by atoms with Crippen LogP contribution in [0.25, 0.3) is 0 Å². The zero-order valence-corrected chi connectivity index (χ0v) is 8.63. The van der Waals surface area contributed by atoms with Crippen molar-refractivity contribution in [3.63, 3.8) is 0 Å². The quantitative estimate of drug-likeness (QED) is 0.772. The van der Waals surface area contributed by atoms with Gasteiger partial charge in [0.1, 0.15) is 17.1 Å². The molecule has 0 amide bonds. The summed E-state index contributed by atoms with van der Waals surface area (Å²) >= 11 is 0. The van der Waals surface area contributed by atoms with Crippen molar-refractivity contribution in [3.8, 4) is 0 Å². The second kappa shape index (κ2) is 4.28. The number of carboxylic acids is 1. The standard InChI is InChI=1S/C10H15NO3/c1-6(2)11-5-8-4-9(10(12)13)7(3)14-8/h4,6,11H,5H2,1-3H3,(H,12,13). The molecule has 0 saturated carbocycles. The highest BCUT2D eigenvalue weighted by Gasteiger charge is 2.13. The minimum absolute atomic E-state index is 0.241. The topological polar surface area (TPSA) is 62.5 Å². The van der Waals surface area contributed by atoms with Crippen LogP contribution in [0.3, 0.4) is 0 Å². The first kappa shape index (κ1) is 10.8. The highest BCUT2D eigenvalue weighted by molar-refractivity contribution is 5.88. The Balaban J connectivity index is 2.71. The van der Waals surface area contributed by atoms with E-state index in [1.54, 1.807) is 13.0 Å². The van der Waals surface area contributed by atoms with Crippen LogP contribution in [0.4, 0.5) is 0 Å². The summed E-state index contributed by atoms with van der Waals surface area (Å²) in [4.78, 5) is 10.7. The number of hydrogen-bond acceptors (Lipinski definition) is 3. The first-order valence-corrected chi connectivity index (χ1v) is 4.56. The van der Waals surface area contributed by atoms with Crippen molar-refractivity contribution in [2.45, 2.75) is 33.4 Å². The molecule has 0 bridgehead atoms. The summed E-state index contributed by atoms with van der Waals surface area (Å²) in [5.41, 5.74) is 0.241. The van der Waals surface area contributed by atoms with Crippen molar-refractivity contribution in [3.05, 3.63) is 23.2 Å². The van der Waals surface area contributed by atoms with Gasteiger partial charge in [0.25, 0.3) is 0 Å². The van der Waals surface area contributed by atoms with E-state index in [1.165, 1.54) is 0 Å². The van der Waals surface area contributed by atoms with Crippen LogP contribution in [0.15, 0.2) is 10.5 Å². The lowest BCUT2D eigenvalue weighted by molar-refractivity contribution is 0.0695. The van der Waals surface area contributed by atoms with Crippen molar-refractivity contribution < 1.29 is 14.3 Å². The number of furan rings is 1. The lowest BCUT2D eigenvalue weighted by Gasteiger charge is -2.04. The highest BCUT2D eigenvalue weighted by atomic mass is 16.4. The Bertz CT molecular complexity index is 328. The van der Waals surface area contributed by atoms with Crippen molar-refractivity contribution in [1.82, 2.24) is 5.32 Å². The fourth-order valence-electron chi connectivity index (χ4n) is 1.15. The second-order valence-corrected chi connectivity index (χ2v) is 3.52. The number of carbonyl (C=O) groups is 1. The molecule has 4 nitrogen and oxygen atoms in total. The van der Waals surface area contributed by atoms with E-state index in [0.717, 1.165) is 0 Å². The third-order valence-electron chi connectivity index (χ3n) is 1.88. The smallest absolute Gasteiger partial charge is 0.339 e. The third-order valence-corrected chi connectivity index (χ3v) is 1.88. The minimum atomic E-state index is -0.943. The number of carboxylic acid groups (broad SMARTS) is 1. The van der Waals surface area contributed by atoms with Gasteiger partial charge in [0.2, 0.25) is 0 Å². The first-order valence-electron chi connectivity index (χ1n) is 4.56. The number of nitrogens with one attached hydrogen (secondary N) is 1. The highest BCUT2D eigenvalue weighted by Crippen LogP contribution is 2.14. The number of hydrogen-bond donors (Lipinski definition) is 2. The third kappa shape index (κ3) is 2.60. The molecule has 1 aromatic heterocycles. The Morgan fingerprint density at radius 3 is 2.71 bits per heavy atom. The molecule has 0 aliphatic heterocycles. The van der Waals surface area contributed by atoms with Crippen LogP contribution in [0.2, 0.25) is 0 Å². The SMILES string of the molecule is Cc1oc(CNC(C)C)cc1C(=O)O. The van der Waals surface area contributed by atoms with Gasteiger partial charge in [-0.1, -0.05) is 13.8 Å². The molecule has 0 aliphatic carbocycles. The van der Waals surface area contributed by atoms with Gasteiger partial charge in [-0.3, -0.25) is 0 Å². The number of rotatable bonds is 4. The molecule has 78 valence electrons. The molecular formula is C10H15NO3. The lowest BCUT2D eigenvalue weighted by Crippen LogP contribution is -2.21. The van der Waals surface area contributed by atoms with E-state index >= 15 is 0 Å². The first-order chi connectivity index (χ1) is 6.50. The summed E-state index contributed by atoms with van der Waals surface area (Å²) < 4.78 is 5.28. The van der Waals surface area contributed by atoms with Crippen LogP contribution in [0.1, 0.15) is 35.7 Å². The maximum Gasteiger partial charge on any atom is 0.339 e. The van der Waals surface area contributed by atoms with E-state index in [-0.39, 0.29) is 5.56 Å². The van der Waals surface area contributed by atoms with Crippen molar-refractivity contribution in [2.75, 3.05) is 0 Å². The molecule has 0 spiro atoms. The molecule has 1 aromatic rings. The van der Waals surface area contributed by atoms with Crippen molar-refractivity contribution in [2.24, 2.45) is 0 Å². The van der Waals surface area contributed by atoms with Gasteiger partial charge < -0.3 is 14.8 Å². The van der Waals surface area contributed by atoms with Crippen LogP contribution < -0.4 is 5.32 Å². The molecule has 2 N–H and O–H groups in total. The van der Waals surface area contributed by atoms with Gasteiger partial charge in [-0.2, -0.15) is 0 Å². The molecule has 4 heteroatoms. The van der Waals surface area contributed by atoms with E-state index in [9.17, 15) is 4.79 Å². The van der Waals surface area contributed by atoms with Crippen molar-refractivity contribution in [1.29, 1.82) is 0 Å². The predicted octanol–water partition coefficient (Wildman–Crippen LogP) is 1.78. The van der Waals surface area contributed by atoms with E-state index in [0.29, 0.717) is 24.1 Å². The fourth-order valence-corrected chi connectivity index (χ4v) is 1.15. The lowest BCUT2D eigenvalue weighted by atomic mass is 10.2. The maximum absolute atomic E-state index is 10.7. The molecule has 1 heterocycles. The number of aryl methyl sites for hydroxylation is 1. The van der Waals surface area contributed by atoms with Gasteiger partial charge in [-0.25, -0.2) is 4.79 Å². The molecule has 0 radical (unpaired) electrons. The molecule has 1 rings (SSSR count). The normalized spacial score (nSPS) is 10.9. The monoisotopic (exact) mass is 197 g/mol. The van der Waals surface area contributed by atoms with E-state index in [1.807, 2.05) is 13.8 Å². The summed E-state index contributed by atoms with van der Waals surface area (Å²) in [7, 11) is 0. The molecule has 0 aliphatic rings. The van der Waals surface area contributed by atoms with Crippen molar-refractivity contribution >= 4 is 5.97 Å². The summed E-state index contributed by atoms with van der Waals surface area (Å²) in [5, 5.41) is 11.9. The average molecular weight is 197 g/mol. The summed E-state index contributed by atoms with van der Waals surface area (Å²) in [6.07, 6.45) is 0. The van der Waals surface area contributed by atoms with Crippen LogP contribution in [-0.2, 0) is 6.54 Å². The Labute approximate surface area is 82.9 Å². The minimum Gasteiger partial charge on any atom is -0.478 e. The van der Waals surface area contributed by atoms with E-state index in [2.05, 4.69) is 5.32 Å². The maximum atomic E-state index is 10.7. The summed E-state index contributed by atoms with van der Waals surface area (Å²) in [5.74, 6) is 0.175. The number of aromatic carboxylic acids is 1. The predicted molar refractivity (Wildman–Crippen MR) is 52.4 cm³/mol. The largest absolute Gasteiger partial charge is 0.478 e. The van der Waals surface area contributed by atoms with Crippen LogP contribution in [-0.4, -0.2) is 17.1 Å². The molecule has 0 atom stereocenters. The van der Waals surface area contributed by atoms with E-state index in [4.69, 9.17) is 9.52 Å². The van der Waals surface area contributed by atoms with Gasteiger partial charge >= 0.3 is 5.97 Å². The Morgan fingerprint density at radius 2 is 2.29 bits per heavy atom. The molecule has 0 fully saturated rings. The van der Waals surface area contributed by atoms with Gasteiger partial charge in [-0.15, -0.1) is 0 Å².